The maximum absolute atomic E-state index is 11.1. The van der Waals surface area contributed by atoms with Crippen molar-refractivity contribution < 1.29 is 71.1 Å². The molecule has 0 aromatic carbocycles. The number of esters is 2. The Morgan fingerprint density at radius 3 is 1.46 bits per heavy atom. The molecule has 0 aliphatic carbocycles. The zero-order valence-corrected chi connectivity index (χ0v) is 10.0. The van der Waals surface area contributed by atoms with E-state index in [4.69, 9.17) is 0 Å². The number of hydrogen-bond acceptors (Lipinski definition) is 6. The normalized spacial score (nSPS) is 26.5. The summed E-state index contributed by atoms with van der Waals surface area (Å²) in [6.07, 6.45) is 0. The van der Waals surface area contributed by atoms with Crippen molar-refractivity contribution in [3.8, 4) is 0 Å². The molecule has 0 N–H and O–H groups in total. The van der Waals surface area contributed by atoms with Crippen LogP contribution >= 0.6 is 0 Å². The third-order valence-electron chi connectivity index (χ3n) is 1.27. The Bertz CT molecular complexity index is 313. The van der Waals surface area contributed by atoms with Crippen molar-refractivity contribution in [3.05, 3.63) is 0 Å². The minimum atomic E-state index is -1.45. The zero-order valence-electron chi connectivity index (χ0n) is 5.71. The van der Waals surface area contributed by atoms with Crippen LogP contribution in [0.3, 0.4) is 0 Å². The van der Waals surface area contributed by atoms with Crippen LogP contribution < -0.4 is 42.4 Å². The summed E-state index contributed by atoms with van der Waals surface area (Å²) in [6.45, 7) is 0. The number of cyclic esters (lactones) is 4. The molecule has 72 valence electrons. The number of alkyl halides is 2. The van der Waals surface area contributed by atoms with Gasteiger partial charge >= 0.3 is 92.4 Å². The van der Waals surface area contributed by atoms with E-state index in [1.807, 2.05) is 0 Å². The molecule has 0 unspecified atom stereocenters. The van der Waals surface area contributed by atoms with Gasteiger partial charge in [0.2, 0.25) is 0 Å². The molecule has 2 fully saturated rings. The molecule has 2 saturated heterocycles. The molecule has 2 rings (SSSR count). The Labute approximate surface area is 91.8 Å². The fourth-order valence-electron chi connectivity index (χ4n) is 0.781. The summed E-state index contributed by atoms with van der Waals surface area (Å²) in [4.78, 5) is 43.8. The van der Waals surface area contributed by atoms with Crippen LogP contribution in [0.5, 0.6) is 0 Å². The molecule has 0 aromatic rings. The van der Waals surface area contributed by atoms with E-state index in [0.29, 0.717) is 0 Å². The SMILES string of the molecule is O=C1OC(=O)C2([I-]1)[I-]C(=O)OC2=O. The Morgan fingerprint density at radius 1 is 0.846 bits per heavy atom. The maximum atomic E-state index is 11.1. The molecule has 8 heteroatoms. The van der Waals surface area contributed by atoms with Gasteiger partial charge < -0.3 is 0 Å². The summed E-state index contributed by atoms with van der Waals surface area (Å²) < 4.78 is 5.76. The van der Waals surface area contributed by atoms with Crippen LogP contribution in [-0.2, 0) is 19.1 Å². The molecule has 2 heterocycles. The average Bonchev–Trinajstić information content (AvgIpc) is 2.40. The van der Waals surface area contributed by atoms with E-state index < -0.39 is 63.7 Å². The number of carbonyl (C=O) groups excluding carboxylic acids is 4. The number of rotatable bonds is 0. The Hall–Kier alpha value is -0.260. The summed E-state index contributed by atoms with van der Waals surface area (Å²) in [5.41, 5.74) is 0. The molecule has 1 spiro atoms. The van der Waals surface area contributed by atoms with Crippen molar-refractivity contribution in [1.29, 1.82) is 0 Å². The van der Waals surface area contributed by atoms with E-state index in [1.54, 1.807) is 0 Å². The van der Waals surface area contributed by atoms with Gasteiger partial charge in [0.1, 0.15) is 0 Å². The van der Waals surface area contributed by atoms with Crippen LogP contribution in [0, 0.1) is 0 Å². The van der Waals surface area contributed by atoms with Gasteiger partial charge in [-0.25, -0.2) is 0 Å². The minimum absolute atomic E-state index is 0.657. The van der Waals surface area contributed by atoms with Gasteiger partial charge in [0.15, 0.2) is 0 Å². The molecule has 0 saturated carbocycles. The van der Waals surface area contributed by atoms with Gasteiger partial charge in [0.25, 0.3) is 0 Å². The first-order valence-corrected chi connectivity index (χ1v) is 7.20. The summed E-state index contributed by atoms with van der Waals surface area (Å²) in [7, 11) is 0. The van der Waals surface area contributed by atoms with Gasteiger partial charge in [0, 0.05) is 0 Å². The topological polar surface area (TPSA) is 86.7 Å². The summed E-state index contributed by atoms with van der Waals surface area (Å²) in [5, 5.41) is 0. The van der Waals surface area contributed by atoms with Crippen molar-refractivity contribution in [2.45, 2.75) is 1.43 Å². The van der Waals surface area contributed by atoms with E-state index in [9.17, 15) is 19.2 Å². The zero-order chi connectivity index (χ0) is 9.64. The molecule has 2 aliphatic rings. The van der Waals surface area contributed by atoms with Gasteiger partial charge in [-0.1, -0.05) is 0 Å². The van der Waals surface area contributed by atoms with Gasteiger partial charge in [-0.05, 0) is 0 Å². The first-order chi connectivity index (χ1) is 6.04. The quantitative estimate of drug-likeness (QED) is 0.130. The van der Waals surface area contributed by atoms with Gasteiger partial charge in [0.05, 0.1) is 0 Å². The monoisotopic (exact) mass is 410 g/mol. The predicted molar refractivity (Wildman–Crippen MR) is 25.7 cm³/mol. The average molecular weight is 410 g/mol. The molecule has 0 radical (unpaired) electrons. The van der Waals surface area contributed by atoms with Crippen molar-refractivity contribution in [2.24, 2.45) is 0 Å². The number of halogens is 2. The number of carbonyl (C=O) groups is 4. The first-order valence-electron chi connectivity index (χ1n) is 2.89. The van der Waals surface area contributed by atoms with Crippen LogP contribution in [0.15, 0.2) is 0 Å². The van der Waals surface area contributed by atoms with Gasteiger partial charge in [-0.2, -0.15) is 0 Å². The summed E-state index contributed by atoms with van der Waals surface area (Å²) in [6, 6.07) is 0. The van der Waals surface area contributed by atoms with Crippen LogP contribution in [0.25, 0.3) is 0 Å². The van der Waals surface area contributed by atoms with Crippen molar-refractivity contribution in [2.75, 3.05) is 0 Å². The molecule has 2 aliphatic heterocycles. The van der Waals surface area contributed by atoms with E-state index in [1.165, 1.54) is 0 Å². The Morgan fingerprint density at radius 2 is 1.23 bits per heavy atom. The number of hydrogen-bond donors (Lipinski definition) is 0. The van der Waals surface area contributed by atoms with E-state index in [0.717, 1.165) is 0 Å². The van der Waals surface area contributed by atoms with Crippen LogP contribution in [0.2, 0.25) is 0 Å². The standard InChI is InChI=1S/C5I2O6/c8-1-5(6-3(10)12-1)2(9)13-4(11)7-5/q-2. The number of ether oxygens (including phenoxy) is 2. The van der Waals surface area contributed by atoms with Crippen molar-refractivity contribution >= 4 is 19.9 Å². The Balaban J connectivity index is 2.41. The van der Waals surface area contributed by atoms with Crippen LogP contribution in [0.4, 0.5) is 9.59 Å². The van der Waals surface area contributed by atoms with Gasteiger partial charge in [-0.3, -0.25) is 0 Å². The fourth-order valence-corrected chi connectivity index (χ4v) is 6.95. The van der Waals surface area contributed by atoms with Crippen molar-refractivity contribution in [3.63, 3.8) is 0 Å². The van der Waals surface area contributed by atoms with E-state index in [2.05, 4.69) is 9.47 Å². The molecule has 0 bridgehead atoms. The molecular weight excluding hydrogens is 410 g/mol. The summed E-state index contributed by atoms with van der Waals surface area (Å²) >= 11 is -2.75. The third-order valence-corrected chi connectivity index (χ3v) is 8.58. The third kappa shape index (κ3) is 1.26. The summed E-state index contributed by atoms with van der Waals surface area (Å²) in [5.74, 6) is -1.76. The second kappa shape index (κ2) is 2.87. The van der Waals surface area contributed by atoms with Gasteiger partial charge in [-0.15, -0.1) is 0 Å². The fraction of sp³-hybridized carbons (Fsp3) is 0.200. The van der Waals surface area contributed by atoms with E-state index >= 15 is 0 Å². The van der Waals surface area contributed by atoms with Crippen LogP contribution in [0.1, 0.15) is 0 Å². The molecule has 6 nitrogen and oxygen atoms in total. The second-order valence-corrected chi connectivity index (χ2v) is 10.2. The van der Waals surface area contributed by atoms with Crippen molar-refractivity contribution in [1.82, 2.24) is 0 Å². The molecule has 0 atom stereocenters. The predicted octanol–water partition coefficient (Wildman–Crippen LogP) is -6.79. The van der Waals surface area contributed by atoms with Crippen LogP contribution in [-0.4, -0.2) is 21.3 Å². The first kappa shape index (κ1) is 9.30. The molecular formula is C5I2O6-2. The second-order valence-electron chi connectivity index (χ2n) is 2.02. The Kier molecular flexibility index (Phi) is 2.05. The molecule has 13 heavy (non-hydrogen) atoms. The molecule has 0 amide bonds. The molecule has 0 aromatic heterocycles. The van der Waals surface area contributed by atoms with E-state index in [-0.39, 0.29) is 0 Å².